The molecule has 1 saturated heterocycles. The lowest BCUT2D eigenvalue weighted by atomic mass is 9.97. The SMILES string of the molecule is COc1ccc2nc(N3CCCC(C(=O)NCCOc4ccccc4)C3)sc2c1. The first-order valence-electron chi connectivity index (χ1n) is 9.88. The van der Waals surface area contributed by atoms with Gasteiger partial charge in [-0.15, -0.1) is 0 Å². The van der Waals surface area contributed by atoms with Crippen LogP contribution >= 0.6 is 11.3 Å². The number of nitrogens with one attached hydrogen (secondary N) is 1. The Balaban J connectivity index is 1.31. The highest BCUT2D eigenvalue weighted by Crippen LogP contribution is 2.33. The fraction of sp³-hybridized carbons (Fsp3) is 0.364. The number of nitrogens with zero attached hydrogens (tertiary/aromatic N) is 2. The van der Waals surface area contributed by atoms with E-state index in [0.29, 0.717) is 19.7 Å². The van der Waals surface area contributed by atoms with Crippen molar-refractivity contribution >= 4 is 32.6 Å². The summed E-state index contributed by atoms with van der Waals surface area (Å²) in [7, 11) is 1.67. The zero-order valence-electron chi connectivity index (χ0n) is 16.5. The summed E-state index contributed by atoms with van der Waals surface area (Å²) in [6.45, 7) is 2.59. The van der Waals surface area contributed by atoms with Crippen molar-refractivity contribution in [1.82, 2.24) is 10.3 Å². The number of ether oxygens (including phenoxy) is 2. The number of rotatable bonds is 7. The lowest BCUT2D eigenvalue weighted by Crippen LogP contribution is -2.43. The third-order valence-corrected chi connectivity index (χ3v) is 6.14. The van der Waals surface area contributed by atoms with Gasteiger partial charge in [0.05, 0.1) is 29.8 Å². The number of hydrogen-bond donors (Lipinski definition) is 1. The van der Waals surface area contributed by atoms with Gasteiger partial charge in [-0.05, 0) is 43.2 Å². The Morgan fingerprint density at radius 1 is 1.24 bits per heavy atom. The number of piperidine rings is 1. The minimum absolute atomic E-state index is 0.0259. The molecule has 4 rings (SSSR count). The van der Waals surface area contributed by atoms with E-state index < -0.39 is 0 Å². The van der Waals surface area contributed by atoms with Gasteiger partial charge < -0.3 is 19.7 Å². The maximum atomic E-state index is 12.6. The summed E-state index contributed by atoms with van der Waals surface area (Å²) in [5.74, 6) is 1.72. The van der Waals surface area contributed by atoms with Gasteiger partial charge in [0.1, 0.15) is 18.1 Å². The molecule has 0 spiro atoms. The van der Waals surface area contributed by atoms with Crippen LogP contribution < -0.4 is 19.7 Å². The maximum Gasteiger partial charge on any atom is 0.225 e. The number of carbonyl (C=O) groups excluding carboxylic acids is 1. The van der Waals surface area contributed by atoms with E-state index >= 15 is 0 Å². The van der Waals surface area contributed by atoms with E-state index in [9.17, 15) is 4.79 Å². The summed E-state index contributed by atoms with van der Waals surface area (Å²) in [5, 5.41) is 3.98. The highest BCUT2D eigenvalue weighted by atomic mass is 32.1. The number of para-hydroxylation sites is 1. The molecule has 152 valence electrons. The normalized spacial score (nSPS) is 16.6. The molecule has 0 bridgehead atoms. The molecule has 1 aromatic heterocycles. The molecule has 1 amide bonds. The van der Waals surface area contributed by atoms with Crippen molar-refractivity contribution in [2.75, 3.05) is 38.3 Å². The molecule has 1 aliphatic heterocycles. The highest BCUT2D eigenvalue weighted by Gasteiger charge is 2.27. The van der Waals surface area contributed by atoms with Gasteiger partial charge in [0.15, 0.2) is 5.13 Å². The summed E-state index contributed by atoms with van der Waals surface area (Å²) in [6, 6.07) is 15.6. The van der Waals surface area contributed by atoms with E-state index in [0.717, 1.165) is 46.2 Å². The average Bonchev–Trinajstić information content (AvgIpc) is 3.21. The molecule has 1 aliphatic rings. The quantitative estimate of drug-likeness (QED) is 0.601. The van der Waals surface area contributed by atoms with Crippen LogP contribution in [-0.4, -0.2) is 44.2 Å². The van der Waals surface area contributed by atoms with Crippen LogP contribution in [0, 0.1) is 5.92 Å². The number of carbonyl (C=O) groups is 1. The summed E-state index contributed by atoms with van der Waals surface area (Å²) in [5.41, 5.74) is 0.968. The van der Waals surface area contributed by atoms with Gasteiger partial charge in [-0.3, -0.25) is 4.79 Å². The first-order valence-corrected chi connectivity index (χ1v) is 10.7. The van der Waals surface area contributed by atoms with Crippen LogP contribution in [0.5, 0.6) is 11.5 Å². The Morgan fingerprint density at radius 2 is 2.10 bits per heavy atom. The Bertz CT molecular complexity index is 960. The topological polar surface area (TPSA) is 63.7 Å². The second-order valence-electron chi connectivity index (χ2n) is 7.07. The van der Waals surface area contributed by atoms with Crippen molar-refractivity contribution in [1.29, 1.82) is 0 Å². The first-order chi connectivity index (χ1) is 14.2. The van der Waals surface area contributed by atoms with Crippen molar-refractivity contribution in [2.45, 2.75) is 12.8 Å². The molecular weight excluding hydrogens is 386 g/mol. The number of aromatic nitrogens is 1. The van der Waals surface area contributed by atoms with E-state index in [-0.39, 0.29) is 11.8 Å². The number of thiazole rings is 1. The van der Waals surface area contributed by atoms with Crippen LogP contribution in [0.1, 0.15) is 12.8 Å². The summed E-state index contributed by atoms with van der Waals surface area (Å²) in [6.07, 6.45) is 1.89. The van der Waals surface area contributed by atoms with Gasteiger partial charge in [-0.1, -0.05) is 29.5 Å². The third-order valence-electron chi connectivity index (χ3n) is 5.06. The molecule has 0 saturated carbocycles. The van der Waals surface area contributed by atoms with Gasteiger partial charge in [-0.2, -0.15) is 0 Å². The highest BCUT2D eigenvalue weighted by molar-refractivity contribution is 7.22. The van der Waals surface area contributed by atoms with E-state index in [4.69, 9.17) is 14.5 Å². The first kappa shape index (κ1) is 19.5. The van der Waals surface area contributed by atoms with Gasteiger partial charge in [0.25, 0.3) is 0 Å². The molecule has 29 heavy (non-hydrogen) atoms. The fourth-order valence-electron chi connectivity index (χ4n) is 3.52. The van der Waals surface area contributed by atoms with Crippen LogP contribution in [0.3, 0.4) is 0 Å². The molecule has 2 aromatic carbocycles. The zero-order valence-corrected chi connectivity index (χ0v) is 17.3. The van der Waals surface area contributed by atoms with Crippen LogP contribution in [0.2, 0.25) is 0 Å². The van der Waals surface area contributed by atoms with Gasteiger partial charge >= 0.3 is 0 Å². The Kier molecular flexibility index (Phi) is 6.14. The molecule has 1 unspecified atom stereocenters. The zero-order chi connectivity index (χ0) is 20.1. The van der Waals surface area contributed by atoms with Crippen LogP contribution in [0.15, 0.2) is 48.5 Å². The van der Waals surface area contributed by atoms with Gasteiger partial charge in [0, 0.05) is 13.1 Å². The number of fused-ring (bicyclic) bond motifs is 1. The number of benzene rings is 2. The molecule has 1 fully saturated rings. The molecule has 1 N–H and O–H groups in total. The largest absolute Gasteiger partial charge is 0.497 e. The van der Waals surface area contributed by atoms with Crippen LogP contribution in [0.25, 0.3) is 10.2 Å². The fourth-order valence-corrected chi connectivity index (χ4v) is 4.55. The number of amides is 1. The molecule has 0 aliphatic carbocycles. The number of anilines is 1. The van der Waals surface area contributed by atoms with Crippen molar-refractivity contribution in [3.05, 3.63) is 48.5 Å². The summed E-state index contributed by atoms with van der Waals surface area (Å²) in [4.78, 5) is 19.6. The van der Waals surface area contributed by atoms with E-state index in [1.54, 1.807) is 18.4 Å². The number of methoxy groups -OCH3 is 1. The third kappa shape index (κ3) is 4.79. The van der Waals surface area contributed by atoms with Crippen LogP contribution in [0.4, 0.5) is 5.13 Å². The molecule has 7 heteroatoms. The maximum absolute atomic E-state index is 12.6. The Morgan fingerprint density at radius 3 is 2.93 bits per heavy atom. The van der Waals surface area contributed by atoms with E-state index in [2.05, 4.69) is 10.2 Å². The summed E-state index contributed by atoms with van der Waals surface area (Å²) >= 11 is 1.65. The Hall–Kier alpha value is -2.80. The van der Waals surface area contributed by atoms with Crippen LogP contribution in [-0.2, 0) is 4.79 Å². The van der Waals surface area contributed by atoms with Crippen molar-refractivity contribution in [3.8, 4) is 11.5 Å². The van der Waals surface area contributed by atoms with Crippen molar-refractivity contribution in [2.24, 2.45) is 5.92 Å². The second kappa shape index (κ2) is 9.13. The van der Waals surface area contributed by atoms with E-state index in [1.807, 2.05) is 48.5 Å². The second-order valence-corrected chi connectivity index (χ2v) is 8.08. The van der Waals surface area contributed by atoms with Gasteiger partial charge in [0.2, 0.25) is 5.91 Å². The summed E-state index contributed by atoms with van der Waals surface area (Å²) < 4.78 is 12.0. The molecule has 2 heterocycles. The lowest BCUT2D eigenvalue weighted by molar-refractivity contribution is -0.125. The molecule has 1 atom stereocenters. The lowest BCUT2D eigenvalue weighted by Gasteiger charge is -2.31. The molecule has 3 aromatic rings. The number of hydrogen-bond acceptors (Lipinski definition) is 6. The predicted molar refractivity (Wildman–Crippen MR) is 116 cm³/mol. The minimum Gasteiger partial charge on any atom is -0.497 e. The molecule has 6 nitrogen and oxygen atoms in total. The molecule has 0 radical (unpaired) electrons. The minimum atomic E-state index is -0.0259. The predicted octanol–water partition coefficient (Wildman–Crippen LogP) is 3.72. The van der Waals surface area contributed by atoms with Crippen molar-refractivity contribution < 1.29 is 14.3 Å². The standard InChI is InChI=1S/C22H25N3O3S/c1-27-18-9-10-19-20(14-18)29-22(24-19)25-12-5-6-16(15-25)21(26)23-11-13-28-17-7-3-2-4-8-17/h2-4,7-10,14,16H,5-6,11-13,15H2,1H3,(H,23,26). The average molecular weight is 412 g/mol. The smallest absolute Gasteiger partial charge is 0.225 e. The monoisotopic (exact) mass is 411 g/mol. The van der Waals surface area contributed by atoms with E-state index in [1.165, 1.54) is 0 Å². The van der Waals surface area contributed by atoms with Gasteiger partial charge in [-0.25, -0.2) is 4.98 Å². The Labute approximate surface area is 174 Å². The molecular formula is C22H25N3O3S. The van der Waals surface area contributed by atoms with Crippen molar-refractivity contribution in [3.63, 3.8) is 0 Å².